The highest BCUT2D eigenvalue weighted by Gasteiger charge is 2.30. The molecule has 0 unspecified atom stereocenters. The minimum atomic E-state index is -0.691. The molecule has 7 nitrogen and oxygen atoms in total. The van der Waals surface area contributed by atoms with Crippen molar-refractivity contribution in [1.82, 2.24) is 20.1 Å². The minimum Gasteiger partial charge on any atom is -0.346 e. The van der Waals surface area contributed by atoms with Crippen molar-refractivity contribution in [3.63, 3.8) is 0 Å². The summed E-state index contributed by atoms with van der Waals surface area (Å²) in [5.74, 6) is 2.05. The van der Waals surface area contributed by atoms with Crippen LogP contribution in [0.25, 0.3) is 32.9 Å². The molecule has 0 aliphatic heterocycles. The number of hydrogen-bond donors (Lipinski definition) is 3. The van der Waals surface area contributed by atoms with Gasteiger partial charge < -0.3 is 15.2 Å². The number of amides is 2. The average Bonchev–Trinajstić information content (AvgIpc) is 3.66. The standard InChI is InChI=1S/C33H34FN5O2/c1-6-21(14-25(34)7-2)20(5)35-33(41)28-18-39(17-19(3)4)30-13-11-23(15-27(28)30)24-10-12-26-29(16-24)37-38-31(26)36-32(40)22-8-9-22/h2,6,10-16,18-20,22H,8-9,17H2,1,3-5H3,(H,35,41)(H2,36,37,38,40)/b21-6+,25-14+/t20-/m0/s1. The molecular weight excluding hydrogens is 517 g/mol. The summed E-state index contributed by atoms with van der Waals surface area (Å²) >= 11 is 0. The van der Waals surface area contributed by atoms with Gasteiger partial charge in [0, 0.05) is 34.9 Å². The summed E-state index contributed by atoms with van der Waals surface area (Å²) in [6.07, 6.45) is 11.9. The molecule has 4 aromatic rings. The molecule has 2 aromatic heterocycles. The first-order chi connectivity index (χ1) is 19.7. The molecule has 1 saturated carbocycles. The van der Waals surface area contributed by atoms with E-state index in [-0.39, 0.29) is 17.7 Å². The van der Waals surface area contributed by atoms with Gasteiger partial charge in [-0.25, -0.2) is 0 Å². The van der Waals surface area contributed by atoms with Gasteiger partial charge in [-0.05, 0) is 85.6 Å². The Morgan fingerprint density at radius 3 is 2.59 bits per heavy atom. The Morgan fingerprint density at radius 2 is 1.90 bits per heavy atom. The molecule has 2 amide bonds. The third-order valence-electron chi connectivity index (χ3n) is 7.39. The molecule has 5 rings (SSSR count). The van der Waals surface area contributed by atoms with Crippen molar-refractivity contribution in [2.24, 2.45) is 11.8 Å². The van der Waals surface area contributed by atoms with Crippen molar-refractivity contribution in [2.45, 2.75) is 53.1 Å². The fraction of sp³-hybridized carbons (Fsp3) is 0.303. The molecule has 1 atom stereocenters. The first kappa shape index (κ1) is 27.9. The lowest BCUT2D eigenvalue weighted by Crippen LogP contribution is -2.33. The molecule has 2 heterocycles. The van der Waals surface area contributed by atoms with Crippen LogP contribution in [0.15, 0.2) is 66.1 Å². The summed E-state index contributed by atoms with van der Waals surface area (Å²) in [5.41, 5.74) is 4.78. The predicted molar refractivity (Wildman–Crippen MR) is 162 cm³/mol. The Kier molecular flexibility index (Phi) is 7.80. The Balaban J connectivity index is 1.48. The van der Waals surface area contributed by atoms with E-state index in [2.05, 4.69) is 39.2 Å². The maximum Gasteiger partial charge on any atom is 0.253 e. The second kappa shape index (κ2) is 11.5. The summed E-state index contributed by atoms with van der Waals surface area (Å²) in [7, 11) is 0. The van der Waals surface area contributed by atoms with Gasteiger partial charge in [-0.1, -0.05) is 32.1 Å². The van der Waals surface area contributed by atoms with E-state index in [9.17, 15) is 14.0 Å². The van der Waals surface area contributed by atoms with E-state index >= 15 is 0 Å². The number of rotatable bonds is 9. The van der Waals surface area contributed by atoms with Crippen LogP contribution in [0.4, 0.5) is 10.2 Å². The number of halogens is 1. The van der Waals surface area contributed by atoms with Crippen LogP contribution in [-0.4, -0.2) is 32.6 Å². The Morgan fingerprint density at radius 1 is 1.17 bits per heavy atom. The third-order valence-corrected chi connectivity index (χ3v) is 7.39. The van der Waals surface area contributed by atoms with E-state index in [0.717, 1.165) is 52.3 Å². The van der Waals surface area contributed by atoms with Crippen LogP contribution in [0.1, 0.15) is 50.9 Å². The van der Waals surface area contributed by atoms with Gasteiger partial charge in [0.2, 0.25) is 5.91 Å². The van der Waals surface area contributed by atoms with E-state index in [1.807, 2.05) is 48.5 Å². The number of nitrogens with zero attached hydrogens (tertiary/aromatic N) is 2. The molecule has 1 aliphatic carbocycles. The SMILES string of the molecule is C#C/C(F)=C\C(=C/C)[C@H](C)NC(=O)c1cn(CC(C)C)c2ccc(-c3ccc4c(NC(=O)C5CC5)n[nH]c4c3)cc12. The van der Waals surface area contributed by atoms with Crippen LogP contribution in [0.3, 0.4) is 0 Å². The molecule has 2 aromatic carbocycles. The zero-order valence-electron chi connectivity index (χ0n) is 23.7. The molecule has 210 valence electrons. The fourth-order valence-corrected chi connectivity index (χ4v) is 5.06. The van der Waals surface area contributed by atoms with Crippen molar-refractivity contribution < 1.29 is 14.0 Å². The van der Waals surface area contributed by atoms with E-state index in [0.29, 0.717) is 22.9 Å². The number of H-pyrrole nitrogens is 1. The predicted octanol–water partition coefficient (Wildman–Crippen LogP) is 6.74. The van der Waals surface area contributed by atoms with Crippen molar-refractivity contribution >= 4 is 39.4 Å². The lowest BCUT2D eigenvalue weighted by atomic mass is 10.0. The maximum absolute atomic E-state index is 13.8. The van der Waals surface area contributed by atoms with Crippen LogP contribution < -0.4 is 10.6 Å². The third kappa shape index (κ3) is 5.94. The zero-order chi connectivity index (χ0) is 29.3. The molecule has 41 heavy (non-hydrogen) atoms. The number of carbonyl (C=O) groups excluding carboxylic acids is 2. The molecule has 3 N–H and O–H groups in total. The van der Waals surface area contributed by atoms with Crippen LogP contribution in [-0.2, 0) is 11.3 Å². The van der Waals surface area contributed by atoms with E-state index in [4.69, 9.17) is 6.42 Å². The Hall–Kier alpha value is -4.64. The number of nitrogens with one attached hydrogen (secondary N) is 3. The maximum atomic E-state index is 13.8. The molecule has 0 spiro atoms. The fourth-order valence-electron chi connectivity index (χ4n) is 5.06. The van der Waals surface area contributed by atoms with Crippen molar-refractivity contribution in [3.8, 4) is 23.5 Å². The van der Waals surface area contributed by atoms with Crippen molar-refractivity contribution in [3.05, 3.63) is 71.7 Å². The number of aromatic amines is 1. The summed E-state index contributed by atoms with van der Waals surface area (Å²) in [6, 6.07) is 11.6. The molecule has 0 bridgehead atoms. The first-order valence-corrected chi connectivity index (χ1v) is 13.9. The Bertz CT molecular complexity index is 1750. The summed E-state index contributed by atoms with van der Waals surface area (Å²) in [5, 5.41) is 14.9. The molecule has 1 fully saturated rings. The number of anilines is 1. The van der Waals surface area contributed by atoms with Gasteiger partial charge >= 0.3 is 0 Å². The topological polar surface area (TPSA) is 91.8 Å². The van der Waals surface area contributed by atoms with Gasteiger partial charge in [0.15, 0.2) is 11.6 Å². The highest BCUT2D eigenvalue weighted by atomic mass is 19.1. The van der Waals surface area contributed by atoms with Gasteiger partial charge in [-0.15, -0.1) is 6.42 Å². The van der Waals surface area contributed by atoms with Crippen LogP contribution in [0, 0.1) is 24.2 Å². The van der Waals surface area contributed by atoms with Gasteiger partial charge in [0.05, 0.1) is 17.1 Å². The molecule has 0 saturated heterocycles. The van der Waals surface area contributed by atoms with Gasteiger partial charge in [-0.3, -0.25) is 14.7 Å². The minimum absolute atomic E-state index is 0.0118. The van der Waals surface area contributed by atoms with Gasteiger partial charge in [0.1, 0.15) is 0 Å². The van der Waals surface area contributed by atoms with Crippen molar-refractivity contribution in [2.75, 3.05) is 5.32 Å². The molecule has 8 heteroatoms. The summed E-state index contributed by atoms with van der Waals surface area (Å²) < 4.78 is 15.9. The number of benzene rings is 2. The lowest BCUT2D eigenvalue weighted by molar-refractivity contribution is -0.117. The van der Waals surface area contributed by atoms with Gasteiger partial charge in [0.25, 0.3) is 5.91 Å². The smallest absolute Gasteiger partial charge is 0.253 e. The summed E-state index contributed by atoms with van der Waals surface area (Å²) in [6.45, 7) is 8.60. The highest BCUT2D eigenvalue weighted by molar-refractivity contribution is 6.08. The number of terminal acetylenes is 1. The number of aromatic nitrogens is 3. The monoisotopic (exact) mass is 551 g/mol. The van der Waals surface area contributed by atoms with Crippen LogP contribution in [0.5, 0.6) is 0 Å². The lowest BCUT2D eigenvalue weighted by Gasteiger charge is -2.15. The van der Waals surface area contributed by atoms with E-state index in [1.54, 1.807) is 19.9 Å². The number of hydrogen-bond acceptors (Lipinski definition) is 3. The van der Waals surface area contributed by atoms with Crippen LogP contribution >= 0.6 is 0 Å². The van der Waals surface area contributed by atoms with E-state index < -0.39 is 11.9 Å². The largest absolute Gasteiger partial charge is 0.346 e. The van der Waals surface area contributed by atoms with Crippen LogP contribution in [0.2, 0.25) is 0 Å². The number of fused-ring (bicyclic) bond motifs is 2. The zero-order valence-corrected chi connectivity index (χ0v) is 23.7. The number of allylic oxidation sites excluding steroid dienone is 2. The molecule has 1 aliphatic rings. The van der Waals surface area contributed by atoms with Gasteiger partial charge in [-0.2, -0.15) is 9.49 Å². The Labute approximate surface area is 238 Å². The molecule has 0 radical (unpaired) electrons. The van der Waals surface area contributed by atoms with Crippen molar-refractivity contribution in [1.29, 1.82) is 0 Å². The second-order valence-electron chi connectivity index (χ2n) is 11.0. The summed E-state index contributed by atoms with van der Waals surface area (Å²) in [4.78, 5) is 25.8. The highest BCUT2D eigenvalue weighted by Crippen LogP contribution is 2.33. The number of carbonyl (C=O) groups is 2. The quantitative estimate of drug-likeness (QED) is 0.159. The average molecular weight is 552 g/mol. The van der Waals surface area contributed by atoms with E-state index in [1.165, 1.54) is 6.08 Å². The normalized spacial score (nSPS) is 14.9. The first-order valence-electron chi connectivity index (χ1n) is 13.9. The molecular formula is C33H34FN5O2. The second-order valence-corrected chi connectivity index (χ2v) is 11.0.